The van der Waals surface area contributed by atoms with Gasteiger partial charge in [-0.05, 0) is 26.0 Å². The van der Waals surface area contributed by atoms with Gasteiger partial charge in [0.15, 0.2) is 10.9 Å². The zero-order chi connectivity index (χ0) is 18.6. The van der Waals surface area contributed by atoms with Crippen molar-refractivity contribution in [3.8, 4) is 5.75 Å². The summed E-state index contributed by atoms with van der Waals surface area (Å²) in [6.07, 6.45) is 0. The minimum atomic E-state index is -0.620. The summed E-state index contributed by atoms with van der Waals surface area (Å²) in [5.74, 6) is -1.05. The van der Waals surface area contributed by atoms with Gasteiger partial charge in [-0.2, -0.15) is 0 Å². The number of esters is 1. The predicted molar refractivity (Wildman–Crippen MR) is 90.4 cm³/mol. The van der Waals surface area contributed by atoms with Crippen LogP contribution in [-0.2, 0) is 4.74 Å². The average molecular weight is 365 g/mol. The Labute approximate surface area is 146 Å². The number of amides is 1. The molecule has 0 saturated heterocycles. The van der Waals surface area contributed by atoms with Crippen LogP contribution in [-0.4, -0.2) is 35.5 Å². The average Bonchev–Trinajstić information content (AvgIpc) is 2.94. The van der Waals surface area contributed by atoms with Crippen molar-refractivity contribution in [1.29, 1.82) is 0 Å². The predicted octanol–water partition coefficient (Wildman–Crippen LogP) is 2.80. The first-order valence-corrected chi connectivity index (χ1v) is 7.97. The molecule has 0 spiro atoms. The molecule has 2 rings (SSSR count). The number of hydrogen-bond donors (Lipinski definition) is 1. The van der Waals surface area contributed by atoms with Crippen molar-refractivity contribution < 1.29 is 24.0 Å². The van der Waals surface area contributed by atoms with Crippen LogP contribution in [0, 0.1) is 17.0 Å². The molecule has 9 nitrogen and oxygen atoms in total. The second kappa shape index (κ2) is 7.71. The van der Waals surface area contributed by atoms with Gasteiger partial charge in [0.05, 0.1) is 24.3 Å². The number of carbonyl (C=O) groups excluding carboxylic acids is 2. The van der Waals surface area contributed by atoms with Crippen LogP contribution in [0.4, 0.5) is 10.8 Å². The molecule has 0 aliphatic rings. The van der Waals surface area contributed by atoms with Crippen LogP contribution >= 0.6 is 11.3 Å². The minimum absolute atomic E-state index is 0.0719. The van der Waals surface area contributed by atoms with Crippen molar-refractivity contribution in [2.45, 2.75) is 13.8 Å². The lowest BCUT2D eigenvalue weighted by molar-refractivity contribution is -0.385. The van der Waals surface area contributed by atoms with E-state index in [0.717, 1.165) is 17.4 Å². The summed E-state index contributed by atoms with van der Waals surface area (Å²) < 4.78 is 9.80. The molecular weight excluding hydrogens is 350 g/mol. The lowest BCUT2D eigenvalue weighted by atomic mass is 10.2. The van der Waals surface area contributed by atoms with Crippen molar-refractivity contribution in [2.75, 3.05) is 19.0 Å². The summed E-state index contributed by atoms with van der Waals surface area (Å²) in [6, 6.07) is 3.90. The zero-order valence-corrected chi connectivity index (χ0v) is 14.5. The van der Waals surface area contributed by atoms with Crippen LogP contribution < -0.4 is 10.1 Å². The number of anilines is 1. The monoisotopic (exact) mass is 365 g/mol. The Hall–Kier alpha value is -3.01. The number of rotatable bonds is 6. The molecule has 0 aliphatic heterocycles. The van der Waals surface area contributed by atoms with E-state index in [4.69, 9.17) is 4.74 Å². The minimum Gasteiger partial charge on any atom is -0.487 e. The van der Waals surface area contributed by atoms with E-state index in [1.54, 1.807) is 13.8 Å². The molecule has 0 bridgehead atoms. The summed E-state index contributed by atoms with van der Waals surface area (Å²) in [5, 5.41) is 13.8. The fourth-order valence-corrected chi connectivity index (χ4v) is 2.86. The molecule has 25 heavy (non-hydrogen) atoms. The Bertz CT molecular complexity index is 833. The smallest absolute Gasteiger partial charge is 0.350 e. The molecule has 1 heterocycles. The third-order valence-corrected chi connectivity index (χ3v) is 4.16. The number of ether oxygens (including phenoxy) is 2. The van der Waals surface area contributed by atoms with Gasteiger partial charge >= 0.3 is 11.7 Å². The molecular formula is C15H15N3O6S. The Morgan fingerprint density at radius 1 is 1.40 bits per heavy atom. The normalized spacial score (nSPS) is 10.2. The number of benzene rings is 1. The Morgan fingerprint density at radius 3 is 2.72 bits per heavy atom. The number of nitro benzene ring substituents is 1. The third kappa shape index (κ3) is 4.10. The molecule has 1 amide bonds. The molecule has 132 valence electrons. The molecule has 1 aromatic carbocycles. The topological polar surface area (TPSA) is 121 Å². The molecule has 0 unspecified atom stereocenters. The van der Waals surface area contributed by atoms with Gasteiger partial charge in [0.25, 0.3) is 5.91 Å². The van der Waals surface area contributed by atoms with Crippen LogP contribution in [0.2, 0.25) is 0 Å². The van der Waals surface area contributed by atoms with E-state index in [0.29, 0.717) is 5.69 Å². The molecule has 0 atom stereocenters. The number of hydrogen-bond acceptors (Lipinski definition) is 8. The number of carbonyl (C=O) groups is 2. The molecule has 0 saturated carbocycles. The highest BCUT2D eigenvalue weighted by molar-refractivity contribution is 7.17. The number of aromatic nitrogens is 1. The second-order valence-corrected chi connectivity index (χ2v) is 5.75. The van der Waals surface area contributed by atoms with Gasteiger partial charge in [0.2, 0.25) is 0 Å². The summed E-state index contributed by atoms with van der Waals surface area (Å²) in [7, 11) is 1.25. The van der Waals surface area contributed by atoms with Crippen LogP contribution in [0.5, 0.6) is 5.75 Å². The largest absolute Gasteiger partial charge is 0.487 e. The SMILES string of the molecule is CCOc1ccc(C(=O)Nc2nc(C)c(C(=O)OC)s2)cc1[N+](=O)[O-]. The highest BCUT2D eigenvalue weighted by atomic mass is 32.1. The van der Waals surface area contributed by atoms with E-state index >= 15 is 0 Å². The van der Waals surface area contributed by atoms with Crippen molar-refractivity contribution in [2.24, 2.45) is 0 Å². The number of methoxy groups -OCH3 is 1. The van der Waals surface area contributed by atoms with Crippen LogP contribution in [0.3, 0.4) is 0 Å². The summed E-state index contributed by atoms with van der Waals surface area (Å²) in [4.78, 5) is 38.7. The first kappa shape index (κ1) is 18.3. The summed E-state index contributed by atoms with van der Waals surface area (Å²) >= 11 is 0.961. The zero-order valence-electron chi connectivity index (χ0n) is 13.7. The van der Waals surface area contributed by atoms with E-state index in [-0.39, 0.29) is 33.6 Å². The van der Waals surface area contributed by atoms with Crippen LogP contribution in [0.15, 0.2) is 18.2 Å². The molecule has 1 N–H and O–H groups in total. The Morgan fingerprint density at radius 2 is 2.12 bits per heavy atom. The molecule has 10 heteroatoms. The van der Waals surface area contributed by atoms with E-state index in [1.807, 2.05) is 0 Å². The lowest BCUT2D eigenvalue weighted by Crippen LogP contribution is -2.12. The molecule has 1 aromatic heterocycles. The second-order valence-electron chi connectivity index (χ2n) is 4.75. The van der Waals surface area contributed by atoms with Crippen LogP contribution in [0.1, 0.15) is 32.6 Å². The quantitative estimate of drug-likeness (QED) is 0.474. The van der Waals surface area contributed by atoms with Crippen LogP contribution in [0.25, 0.3) is 0 Å². The van der Waals surface area contributed by atoms with E-state index in [9.17, 15) is 19.7 Å². The van der Waals surface area contributed by atoms with Crippen molar-refractivity contribution in [3.05, 3.63) is 44.4 Å². The Kier molecular flexibility index (Phi) is 5.65. The van der Waals surface area contributed by atoms with E-state index < -0.39 is 16.8 Å². The van der Waals surface area contributed by atoms with Crippen molar-refractivity contribution >= 4 is 34.0 Å². The first-order valence-electron chi connectivity index (χ1n) is 7.15. The summed E-state index contributed by atoms with van der Waals surface area (Å²) in [6.45, 7) is 3.58. The number of nitro groups is 1. The van der Waals surface area contributed by atoms with E-state index in [2.05, 4.69) is 15.0 Å². The number of aryl methyl sites for hydroxylation is 1. The molecule has 0 radical (unpaired) electrons. The molecule has 2 aromatic rings. The lowest BCUT2D eigenvalue weighted by Gasteiger charge is -2.06. The maximum absolute atomic E-state index is 12.3. The number of nitrogens with one attached hydrogen (secondary N) is 1. The molecule has 0 fully saturated rings. The first-order chi connectivity index (χ1) is 11.9. The Balaban J connectivity index is 2.25. The highest BCUT2D eigenvalue weighted by Crippen LogP contribution is 2.29. The highest BCUT2D eigenvalue weighted by Gasteiger charge is 2.21. The fraction of sp³-hybridized carbons (Fsp3) is 0.267. The van der Waals surface area contributed by atoms with E-state index in [1.165, 1.54) is 19.2 Å². The summed E-state index contributed by atoms with van der Waals surface area (Å²) in [5.41, 5.74) is 0.188. The van der Waals surface area contributed by atoms with Gasteiger partial charge in [-0.25, -0.2) is 9.78 Å². The van der Waals surface area contributed by atoms with Crippen molar-refractivity contribution in [3.63, 3.8) is 0 Å². The third-order valence-electron chi connectivity index (χ3n) is 3.11. The maximum Gasteiger partial charge on any atom is 0.350 e. The van der Waals surface area contributed by atoms with Crippen molar-refractivity contribution in [1.82, 2.24) is 4.98 Å². The van der Waals surface area contributed by atoms with Gasteiger partial charge in [-0.1, -0.05) is 11.3 Å². The molecule has 0 aliphatic carbocycles. The number of thiazole rings is 1. The van der Waals surface area contributed by atoms with Gasteiger partial charge in [-0.3, -0.25) is 20.2 Å². The maximum atomic E-state index is 12.3. The van der Waals surface area contributed by atoms with Gasteiger partial charge in [0, 0.05) is 11.6 Å². The fourth-order valence-electron chi connectivity index (χ4n) is 1.98. The van der Waals surface area contributed by atoms with Gasteiger partial charge in [-0.15, -0.1) is 0 Å². The van der Waals surface area contributed by atoms with Gasteiger partial charge < -0.3 is 9.47 Å². The number of nitrogens with zero attached hydrogens (tertiary/aromatic N) is 2. The van der Waals surface area contributed by atoms with Gasteiger partial charge in [0.1, 0.15) is 4.88 Å². The standard InChI is InChI=1S/C15H15N3O6S/c1-4-24-11-6-5-9(7-10(11)18(21)22)13(19)17-15-16-8(2)12(25-15)14(20)23-3/h5-7H,4H2,1-3H3,(H,16,17,19).